The van der Waals surface area contributed by atoms with E-state index in [0.29, 0.717) is 28.7 Å². The van der Waals surface area contributed by atoms with E-state index in [1.54, 1.807) is 12.1 Å². The second-order valence-corrected chi connectivity index (χ2v) is 11.3. The summed E-state index contributed by atoms with van der Waals surface area (Å²) in [6.07, 6.45) is 7.83. The minimum Gasteiger partial charge on any atom is -0.465 e. The third-order valence-electron chi connectivity index (χ3n) is 7.99. The summed E-state index contributed by atoms with van der Waals surface area (Å²) in [5, 5.41) is 3.89. The van der Waals surface area contributed by atoms with E-state index < -0.39 is 11.9 Å². The van der Waals surface area contributed by atoms with Gasteiger partial charge in [-0.1, -0.05) is 13.8 Å². The molecule has 0 aliphatic heterocycles. The second-order valence-electron chi connectivity index (χ2n) is 11.3. The monoisotopic (exact) mass is 451 g/mol. The lowest BCUT2D eigenvalue weighted by atomic mass is 9.43. The molecule has 1 aromatic heterocycles. The number of hydrogen-bond donors (Lipinski definition) is 1. The van der Waals surface area contributed by atoms with E-state index in [1.165, 1.54) is 58.8 Å². The van der Waals surface area contributed by atoms with Gasteiger partial charge in [-0.25, -0.2) is 9.59 Å². The number of benzene rings is 1. The molecule has 4 bridgehead atoms. The first-order chi connectivity index (χ1) is 15.6. The molecular weight excluding hydrogens is 418 g/mol. The molecule has 6 nitrogen and oxygen atoms in total. The molecule has 2 atom stereocenters. The van der Waals surface area contributed by atoms with Gasteiger partial charge in [-0.2, -0.15) is 0 Å². The predicted octanol–water partition coefficient (Wildman–Crippen LogP) is 5.36. The van der Waals surface area contributed by atoms with Crippen molar-refractivity contribution in [1.29, 1.82) is 0 Å². The molecule has 1 heterocycles. The topological polar surface area (TPSA) is 77.8 Å². The van der Waals surface area contributed by atoms with Crippen molar-refractivity contribution in [2.24, 2.45) is 16.7 Å². The maximum Gasteiger partial charge on any atom is 0.337 e. The van der Waals surface area contributed by atoms with Crippen LogP contribution in [0.1, 0.15) is 78.8 Å². The zero-order chi connectivity index (χ0) is 23.4. The van der Waals surface area contributed by atoms with Crippen molar-refractivity contribution in [2.75, 3.05) is 14.2 Å². The molecule has 2 unspecified atom stereocenters. The van der Waals surface area contributed by atoms with Crippen molar-refractivity contribution < 1.29 is 23.5 Å². The molecule has 4 aliphatic rings. The van der Waals surface area contributed by atoms with E-state index in [0.717, 1.165) is 11.7 Å². The third-order valence-corrected chi connectivity index (χ3v) is 7.99. The summed E-state index contributed by atoms with van der Waals surface area (Å²) in [6, 6.07) is 8.68. The van der Waals surface area contributed by atoms with Crippen LogP contribution >= 0.6 is 0 Å². The van der Waals surface area contributed by atoms with Gasteiger partial charge in [0.15, 0.2) is 0 Å². The van der Waals surface area contributed by atoms with Crippen molar-refractivity contribution >= 4 is 11.9 Å². The number of nitrogens with one attached hydrogen (secondary N) is 1. The van der Waals surface area contributed by atoms with E-state index in [9.17, 15) is 9.59 Å². The highest BCUT2D eigenvalue weighted by atomic mass is 16.5. The number of methoxy groups -OCH3 is 2. The number of ether oxygens (including phenoxy) is 2. The van der Waals surface area contributed by atoms with Crippen LogP contribution in [0.4, 0.5) is 0 Å². The van der Waals surface area contributed by atoms with Crippen molar-refractivity contribution in [2.45, 2.75) is 64.5 Å². The van der Waals surface area contributed by atoms with Crippen LogP contribution in [-0.2, 0) is 16.0 Å². The summed E-state index contributed by atoms with van der Waals surface area (Å²) in [6.45, 7) is 5.62. The molecule has 176 valence electrons. The van der Waals surface area contributed by atoms with Crippen LogP contribution in [0, 0.1) is 16.7 Å². The Morgan fingerprint density at radius 1 is 0.939 bits per heavy atom. The molecule has 4 saturated carbocycles. The minimum atomic E-state index is -0.515. The van der Waals surface area contributed by atoms with Crippen LogP contribution in [0.2, 0.25) is 0 Å². The fourth-order valence-corrected chi connectivity index (χ4v) is 7.79. The summed E-state index contributed by atoms with van der Waals surface area (Å²) >= 11 is 0. The highest BCUT2D eigenvalue weighted by molar-refractivity contribution is 5.97. The zero-order valence-electron chi connectivity index (χ0n) is 20.0. The Morgan fingerprint density at radius 2 is 1.55 bits per heavy atom. The molecule has 1 aromatic carbocycles. The van der Waals surface area contributed by atoms with Crippen LogP contribution in [0.25, 0.3) is 11.3 Å². The Bertz CT molecular complexity index is 1050. The largest absolute Gasteiger partial charge is 0.465 e. The summed E-state index contributed by atoms with van der Waals surface area (Å²) in [7, 11) is 2.63. The number of rotatable bonds is 6. The lowest BCUT2D eigenvalue weighted by Crippen LogP contribution is -2.63. The fraction of sp³-hybridized carbons (Fsp3) is 0.556. The standard InChI is InChI=1S/C27H33NO5/c1-25-10-17-11-26(2,14-25)16-27(12-17,15-25)28-13-21-5-6-22(33-21)18-7-19(23(29)31-3)9-20(8-18)24(30)32-4/h5-9,17,28H,10-16H2,1-4H3. The van der Waals surface area contributed by atoms with Gasteiger partial charge in [0.25, 0.3) is 0 Å². The fourth-order valence-electron chi connectivity index (χ4n) is 7.79. The first kappa shape index (κ1) is 22.2. The average molecular weight is 452 g/mol. The molecule has 0 saturated heterocycles. The Kier molecular flexibility index (Phi) is 5.20. The van der Waals surface area contributed by atoms with Gasteiger partial charge in [-0.15, -0.1) is 0 Å². The van der Waals surface area contributed by atoms with Crippen LogP contribution < -0.4 is 5.32 Å². The van der Waals surface area contributed by atoms with Crippen molar-refractivity contribution in [1.82, 2.24) is 5.32 Å². The summed E-state index contributed by atoms with van der Waals surface area (Å²) in [5.74, 6) is 1.25. The number of carbonyl (C=O) groups is 2. The smallest absolute Gasteiger partial charge is 0.337 e. The first-order valence-corrected chi connectivity index (χ1v) is 11.8. The van der Waals surface area contributed by atoms with Gasteiger partial charge < -0.3 is 19.2 Å². The summed E-state index contributed by atoms with van der Waals surface area (Å²) < 4.78 is 15.8. The van der Waals surface area contributed by atoms with Gasteiger partial charge >= 0.3 is 11.9 Å². The molecule has 4 aliphatic carbocycles. The number of esters is 2. The molecule has 0 amide bonds. The van der Waals surface area contributed by atoms with Gasteiger partial charge in [0.05, 0.1) is 31.9 Å². The van der Waals surface area contributed by atoms with Crippen molar-refractivity contribution in [3.05, 3.63) is 47.2 Å². The Labute approximate surface area is 195 Å². The number of carbonyl (C=O) groups excluding carboxylic acids is 2. The number of hydrogen-bond acceptors (Lipinski definition) is 6. The van der Waals surface area contributed by atoms with Gasteiger partial charge in [0.1, 0.15) is 11.5 Å². The van der Waals surface area contributed by atoms with Gasteiger partial charge in [0, 0.05) is 11.1 Å². The van der Waals surface area contributed by atoms with Gasteiger partial charge in [0.2, 0.25) is 0 Å². The van der Waals surface area contributed by atoms with E-state index in [1.807, 2.05) is 12.1 Å². The highest BCUT2D eigenvalue weighted by Crippen LogP contribution is 2.66. The normalized spacial score (nSPS) is 32.1. The van der Waals surface area contributed by atoms with E-state index in [4.69, 9.17) is 13.9 Å². The summed E-state index contributed by atoms with van der Waals surface area (Å²) in [4.78, 5) is 24.2. The van der Waals surface area contributed by atoms with Crippen molar-refractivity contribution in [3.63, 3.8) is 0 Å². The van der Waals surface area contributed by atoms with Crippen LogP contribution in [0.15, 0.2) is 34.7 Å². The van der Waals surface area contributed by atoms with Crippen LogP contribution in [0.3, 0.4) is 0 Å². The SMILES string of the molecule is COC(=O)c1cc(C(=O)OC)cc(-c2ccc(CNC34CC5CC(C)(CC(C)(C5)C3)C4)o2)c1. The molecule has 1 N–H and O–H groups in total. The van der Waals surface area contributed by atoms with Gasteiger partial charge in [-0.3, -0.25) is 0 Å². The molecule has 0 spiro atoms. The Hall–Kier alpha value is -2.60. The second kappa shape index (κ2) is 7.73. The van der Waals surface area contributed by atoms with E-state index >= 15 is 0 Å². The zero-order valence-corrected chi connectivity index (χ0v) is 20.0. The van der Waals surface area contributed by atoms with Crippen LogP contribution in [0.5, 0.6) is 0 Å². The molecule has 33 heavy (non-hydrogen) atoms. The average Bonchev–Trinajstić information content (AvgIpc) is 3.23. The molecule has 6 heteroatoms. The molecule has 2 aromatic rings. The Balaban J connectivity index is 1.36. The first-order valence-electron chi connectivity index (χ1n) is 11.8. The Morgan fingerprint density at radius 3 is 2.09 bits per heavy atom. The van der Waals surface area contributed by atoms with Crippen LogP contribution in [-0.4, -0.2) is 31.7 Å². The van der Waals surface area contributed by atoms with Gasteiger partial charge in [-0.05, 0) is 85.6 Å². The van der Waals surface area contributed by atoms with Crippen molar-refractivity contribution in [3.8, 4) is 11.3 Å². The molecule has 4 fully saturated rings. The minimum absolute atomic E-state index is 0.193. The lowest BCUT2D eigenvalue weighted by Gasteiger charge is -2.65. The van der Waals surface area contributed by atoms with E-state index in [-0.39, 0.29) is 16.7 Å². The maximum absolute atomic E-state index is 12.1. The summed E-state index contributed by atoms with van der Waals surface area (Å²) in [5.41, 5.74) is 2.29. The molecular formula is C27H33NO5. The van der Waals surface area contributed by atoms with E-state index in [2.05, 4.69) is 19.2 Å². The predicted molar refractivity (Wildman–Crippen MR) is 124 cm³/mol. The highest BCUT2D eigenvalue weighted by Gasteiger charge is 2.59. The third kappa shape index (κ3) is 4.10. The quantitative estimate of drug-likeness (QED) is 0.596. The maximum atomic E-state index is 12.1. The molecule has 6 rings (SSSR count). The lowest BCUT2D eigenvalue weighted by molar-refractivity contribution is -0.118. The molecule has 0 radical (unpaired) electrons. The number of furan rings is 1.